The first-order chi connectivity index (χ1) is 12.5. The minimum Gasteiger partial charge on any atom is -0.454 e. The van der Waals surface area contributed by atoms with Crippen molar-refractivity contribution >= 4 is 50.8 Å². The summed E-state index contributed by atoms with van der Waals surface area (Å²) < 4.78 is 5.79. The minimum atomic E-state index is -0.669. The molecule has 1 aromatic carbocycles. The normalized spacial score (nSPS) is 14.3. The Hall–Kier alpha value is -2.12. The third kappa shape index (κ3) is 4.53. The Bertz CT molecular complexity index is 830. The molecule has 0 aliphatic heterocycles. The molecule has 1 aliphatic carbocycles. The molecule has 6 nitrogen and oxygen atoms in total. The first-order valence-electron chi connectivity index (χ1n) is 8.45. The Balaban J connectivity index is 1.45. The van der Waals surface area contributed by atoms with Gasteiger partial charge in [-0.2, -0.15) is 0 Å². The van der Waals surface area contributed by atoms with E-state index in [1.165, 1.54) is 11.3 Å². The maximum atomic E-state index is 12.2. The fourth-order valence-corrected chi connectivity index (χ4v) is 4.36. The maximum Gasteiger partial charge on any atom is 0.325 e. The van der Waals surface area contributed by atoms with Crippen molar-refractivity contribution in [2.24, 2.45) is 0 Å². The number of carbonyl (C=O) groups excluding carboxylic acids is 3. The highest BCUT2D eigenvalue weighted by molar-refractivity contribution is 7.21. The van der Waals surface area contributed by atoms with Crippen LogP contribution in [0.25, 0.3) is 10.1 Å². The van der Waals surface area contributed by atoms with Gasteiger partial charge in [0.05, 0.1) is 5.02 Å². The van der Waals surface area contributed by atoms with Crippen molar-refractivity contribution in [3.05, 3.63) is 34.2 Å². The second kappa shape index (κ2) is 8.51. The van der Waals surface area contributed by atoms with Crippen LogP contribution in [0.1, 0.15) is 35.4 Å². The molecule has 2 N–H and O–H groups in total. The van der Waals surface area contributed by atoms with E-state index in [1.807, 2.05) is 24.3 Å². The van der Waals surface area contributed by atoms with Crippen LogP contribution in [0.3, 0.4) is 0 Å². The lowest BCUT2D eigenvalue weighted by Crippen LogP contribution is -2.37. The van der Waals surface area contributed by atoms with Crippen molar-refractivity contribution < 1.29 is 19.1 Å². The number of benzene rings is 1. The Morgan fingerprint density at radius 2 is 1.92 bits per heavy atom. The second-order valence-corrected chi connectivity index (χ2v) is 7.56. The molecule has 0 spiro atoms. The van der Waals surface area contributed by atoms with Crippen molar-refractivity contribution in [2.45, 2.75) is 31.7 Å². The topological polar surface area (TPSA) is 84.5 Å². The number of carbonyl (C=O) groups is 3. The third-order valence-electron chi connectivity index (χ3n) is 4.22. The molecule has 1 fully saturated rings. The molecule has 0 atom stereocenters. The Morgan fingerprint density at radius 3 is 2.65 bits per heavy atom. The van der Waals surface area contributed by atoms with Crippen LogP contribution < -0.4 is 10.6 Å². The molecular formula is C18H19ClN2O4S. The van der Waals surface area contributed by atoms with Crippen molar-refractivity contribution in [2.75, 3.05) is 13.2 Å². The molecule has 3 rings (SSSR count). The molecule has 138 valence electrons. The highest BCUT2D eigenvalue weighted by Crippen LogP contribution is 2.34. The number of esters is 1. The summed E-state index contributed by atoms with van der Waals surface area (Å²) in [6.45, 7) is -0.658. The molecule has 2 aromatic rings. The van der Waals surface area contributed by atoms with E-state index in [0.717, 1.165) is 35.8 Å². The van der Waals surface area contributed by atoms with Crippen LogP contribution in [0.4, 0.5) is 0 Å². The zero-order valence-corrected chi connectivity index (χ0v) is 15.6. The molecule has 1 saturated carbocycles. The fourth-order valence-electron chi connectivity index (χ4n) is 2.93. The van der Waals surface area contributed by atoms with Gasteiger partial charge in [0.15, 0.2) is 6.61 Å². The van der Waals surface area contributed by atoms with E-state index in [4.69, 9.17) is 16.3 Å². The van der Waals surface area contributed by atoms with Crippen LogP contribution in [0, 0.1) is 0 Å². The largest absolute Gasteiger partial charge is 0.454 e. The van der Waals surface area contributed by atoms with Gasteiger partial charge in [0.1, 0.15) is 11.4 Å². The Labute approximate surface area is 159 Å². The zero-order chi connectivity index (χ0) is 18.5. The molecule has 0 radical (unpaired) electrons. The average molecular weight is 395 g/mol. The first-order valence-corrected chi connectivity index (χ1v) is 9.64. The maximum absolute atomic E-state index is 12.2. The number of fused-ring (bicyclic) bond motifs is 1. The summed E-state index contributed by atoms with van der Waals surface area (Å²) in [6.07, 6.45) is 4.14. The molecule has 1 heterocycles. The van der Waals surface area contributed by atoms with Gasteiger partial charge in [-0.1, -0.05) is 42.6 Å². The van der Waals surface area contributed by atoms with Crippen molar-refractivity contribution in [1.82, 2.24) is 10.6 Å². The lowest BCUT2D eigenvalue weighted by Gasteiger charge is -2.12. The number of amides is 2. The summed E-state index contributed by atoms with van der Waals surface area (Å²) >= 11 is 7.49. The average Bonchev–Trinajstić information content (AvgIpc) is 3.26. The molecule has 0 unspecified atom stereocenters. The molecule has 0 bridgehead atoms. The molecule has 8 heteroatoms. The smallest absolute Gasteiger partial charge is 0.325 e. The molecule has 0 saturated heterocycles. The first kappa shape index (κ1) is 18.7. The number of hydrogen-bond acceptors (Lipinski definition) is 5. The second-order valence-electron chi connectivity index (χ2n) is 6.13. The number of nitrogens with one attached hydrogen (secondary N) is 2. The van der Waals surface area contributed by atoms with Gasteiger partial charge >= 0.3 is 5.97 Å². The molecule has 2 amide bonds. The highest BCUT2D eigenvalue weighted by Gasteiger charge is 2.19. The summed E-state index contributed by atoms with van der Waals surface area (Å²) in [5, 5.41) is 6.48. The number of halogens is 1. The van der Waals surface area contributed by atoms with E-state index < -0.39 is 11.9 Å². The number of thiophene rings is 1. The van der Waals surface area contributed by atoms with Crippen LogP contribution in [0.2, 0.25) is 5.02 Å². The molecular weight excluding hydrogens is 376 g/mol. The van der Waals surface area contributed by atoms with E-state index in [2.05, 4.69) is 10.6 Å². The van der Waals surface area contributed by atoms with Gasteiger partial charge in [-0.3, -0.25) is 14.4 Å². The van der Waals surface area contributed by atoms with Gasteiger partial charge < -0.3 is 15.4 Å². The van der Waals surface area contributed by atoms with E-state index in [-0.39, 0.29) is 25.1 Å². The lowest BCUT2D eigenvalue weighted by molar-refractivity contribution is -0.147. The highest BCUT2D eigenvalue weighted by atomic mass is 35.5. The van der Waals surface area contributed by atoms with Crippen LogP contribution in [0.5, 0.6) is 0 Å². The van der Waals surface area contributed by atoms with Crippen molar-refractivity contribution in [1.29, 1.82) is 0 Å². The number of rotatable bonds is 6. The zero-order valence-electron chi connectivity index (χ0n) is 14.0. The molecule has 26 heavy (non-hydrogen) atoms. The van der Waals surface area contributed by atoms with Gasteiger partial charge in [-0.25, -0.2) is 0 Å². The van der Waals surface area contributed by atoms with Crippen molar-refractivity contribution in [3.63, 3.8) is 0 Å². The molecule has 1 aliphatic rings. The van der Waals surface area contributed by atoms with Crippen LogP contribution >= 0.6 is 22.9 Å². The van der Waals surface area contributed by atoms with Gasteiger partial charge in [0.25, 0.3) is 11.8 Å². The van der Waals surface area contributed by atoms with Crippen LogP contribution in [-0.2, 0) is 14.3 Å². The number of ether oxygens (including phenoxy) is 1. The SMILES string of the molecule is O=C(COC(=O)CNC(=O)c1sc2ccccc2c1Cl)NC1CCCC1. The van der Waals surface area contributed by atoms with Crippen molar-refractivity contribution in [3.8, 4) is 0 Å². The molecule has 1 aromatic heterocycles. The van der Waals surface area contributed by atoms with Gasteiger partial charge in [-0.05, 0) is 18.9 Å². The van der Waals surface area contributed by atoms with E-state index in [9.17, 15) is 14.4 Å². The Kier molecular flexibility index (Phi) is 6.11. The summed E-state index contributed by atoms with van der Waals surface area (Å²) in [4.78, 5) is 36.0. The predicted molar refractivity (Wildman–Crippen MR) is 101 cm³/mol. The fraction of sp³-hybridized carbons (Fsp3) is 0.389. The van der Waals surface area contributed by atoms with Crippen LogP contribution in [0.15, 0.2) is 24.3 Å². The van der Waals surface area contributed by atoms with Gasteiger partial charge in [-0.15, -0.1) is 11.3 Å². The van der Waals surface area contributed by atoms with Gasteiger partial charge in [0.2, 0.25) is 0 Å². The summed E-state index contributed by atoms with van der Waals surface area (Å²) in [6, 6.07) is 7.60. The van der Waals surface area contributed by atoms with E-state index >= 15 is 0 Å². The third-order valence-corrected chi connectivity index (χ3v) is 5.89. The lowest BCUT2D eigenvalue weighted by atomic mass is 10.2. The standard InChI is InChI=1S/C18H19ClN2O4S/c19-16-12-7-3-4-8-13(12)26-17(16)18(24)20-9-15(23)25-10-14(22)21-11-5-1-2-6-11/h3-4,7-8,11H,1-2,5-6,9-10H2,(H,20,24)(H,21,22). The van der Waals surface area contributed by atoms with E-state index in [1.54, 1.807) is 0 Å². The summed E-state index contributed by atoms with van der Waals surface area (Å²) in [5.41, 5.74) is 0. The number of hydrogen-bond donors (Lipinski definition) is 2. The Morgan fingerprint density at radius 1 is 1.19 bits per heavy atom. The van der Waals surface area contributed by atoms with Gasteiger partial charge in [0, 0.05) is 16.1 Å². The van der Waals surface area contributed by atoms with Crippen LogP contribution in [-0.4, -0.2) is 37.0 Å². The summed E-state index contributed by atoms with van der Waals surface area (Å²) in [5.74, 6) is -1.43. The monoisotopic (exact) mass is 394 g/mol. The van der Waals surface area contributed by atoms with E-state index in [0.29, 0.717) is 9.90 Å². The quantitative estimate of drug-likeness (QED) is 0.738. The summed E-state index contributed by atoms with van der Waals surface area (Å²) in [7, 11) is 0. The predicted octanol–water partition coefficient (Wildman–Crippen LogP) is 2.89. The minimum absolute atomic E-state index is 0.177.